The number of hydrogen-bond acceptors (Lipinski definition) is 8. The first-order valence-corrected chi connectivity index (χ1v) is 13.1. The van der Waals surface area contributed by atoms with E-state index < -0.39 is 0 Å². The van der Waals surface area contributed by atoms with Crippen LogP contribution in [0.2, 0.25) is 0 Å². The molecular weight excluding hydrogens is 513 g/mol. The minimum atomic E-state index is -0.268. The van der Waals surface area contributed by atoms with E-state index in [1.54, 1.807) is 31.5 Å². The van der Waals surface area contributed by atoms with Crippen LogP contribution in [-0.2, 0) is 9.53 Å². The molecule has 2 fully saturated rings. The molecule has 192 valence electrons. The molecule has 0 aliphatic carbocycles. The fourth-order valence-electron chi connectivity index (χ4n) is 4.45. The first kappa shape index (κ1) is 25.4. The molecule has 0 unspecified atom stereocenters. The van der Waals surface area contributed by atoms with Gasteiger partial charge in [0, 0.05) is 45.2 Å². The number of ether oxygens (including phenoxy) is 1. The van der Waals surface area contributed by atoms with Gasteiger partial charge in [0.05, 0.1) is 23.6 Å². The third kappa shape index (κ3) is 5.11. The van der Waals surface area contributed by atoms with Crippen LogP contribution in [0, 0.1) is 12.7 Å². The Morgan fingerprint density at radius 3 is 2.49 bits per heavy atom. The number of piperazine rings is 1. The first-order valence-electron chi connectivity index (χ1n) is 11.9. The second kappa shape index (κ2) is 10.6. The summed E-state index contributed by atoms with van der Waals surface area (Å²) in [6.45, 7) is 5.21. The number of aryl methyl sites for hydroxylation is 1. The SMILES string of the molecule is COCCN1C(=O)C(=Cc2c(N3CCN(c4ccc(F)cc4)CC3)nc3ccc(C)cn3c2=O)SC1=S. The molecule has 0 N–H and O–H groups in total. The fourth-order valence-corrected chi connectivity index (χ4v) is 5.74. The van der Waals surface area contributed by atoms with Gasteiger partial charge in [-0.25, -0.2) is 9.37 Å². The van der Waals surface area contributed by atoms with Crippen LogP contribution in [0.3, 0.4) is 0 Å². The molecule has 11 heteroatoms. The Morgan fingerprint density at radius 2 is 1.78 bits per heavy atom. The van der Waals surface area contributed by atoms with E-state index in [9.17, 15) is 14.0 Å². The molecule has 0 bridgehead atoms. The van der Waals surface area contributed by atoms with Crippen LogP contribution in [-0.4, -0.2) is 71.0 Å². The molecule has 5 rings (SSSR count). The van der Waals surface area contributed by atoms with Crippen LogP contribution in [0.25, 0.3) is 11.7 Å². The van der Waals surface area contributed by atoms with Crippen LogP contribution in [0.1, 0.15) is 11.1 Å². The lowest BCUT2D eigenvalue weighted by atomic mass is 10.2. The third-order valence-corrected chi connectivity index (χ3v) is 7.80. The predicted molar refractivity (Wildman–Crippen MR) is 149 cm³/mol. The Kier molecular flexibility index (Phi) is 7.27. The largest absolute Gasteiger partial charge is 0.383 e. The molecular formula is C26H26FN5O3S2. The molecule has 8 nitrogen and oxygen atoms in total. The normalized spacial score (nSPS) is 17.5. The van der Waals surface area contributed by atoms with Gasteiger partial charge in [-0.15, -0.1) is 0 Å². The number of benzene rings is 1. The smallest absolute Gasteiger partial charge is 0.267 e. The minimum Gasteiger partial charge on any atom is -0.383 e. The summed E-state index contributed by atoms with van der Waals surface area (Å²) < 4.78 is 20.4. The summed E-state index contributed by atoms with van der Waals surface area (Å²) in [5, 5.41) is 0. The van der Waals surface area contributed by atoms with Crippen molar-refractivity contribution in [1.82, 2.24) is 14.3 Å². The van der Waals surface area contributed by atoms with E-state index >= 15 is 0 Å². The molecule has 2 aliphatic rings. The van der Waals surface area contributed by atoms with Crippen molar-refractivity contribution in [3.63, 3.8) is 0 Å². The fraction of sp³-hybridized carbons (Fsp3) is 0.308. The highest BCUT2D eigenvalue weighted by atomic mass is 32.2. The minimum absolute atomic E-state index is 0.243. The summed E-state index contributed by atoms with van der Waals surface area (Å²) >= 11 is 6.59. The molecule has 2 aliphatic heterocycles. The molecule has 4 heterocycles. The zero-order chi connectivity index (χ0) is 26.1. The van der Waals surface area contributed by atoms with Crippen molar-refractivity contribution < 1.29 is 13.9 Å². The van der Waals surface area contributed by atoms with Gasteiger partial charge in [-0.3, -0.25) is 18.9 Å². The topological polar surface area (TPSA) is 70.4 Å². The van der Waals surface area contributed by atoms with Crippen molar-refractivity contribution in [2.24, 2.45) is 0 Å². The number of nitrogens with zero attached hydrogens (tertiary/aromatic N) is 5. The van der Waals surface area contributed by atoms with Crippen molar-refractivity contribution in [2.75, 3.05) is 56.2 Å². The second-order valence-corrected chi connectivity index (χ2v) is 10.5. The highest BCUT2D eigenvalue weighted by Crippen LogP contribution is 2.33. The number of hydrogen-bond donors (Lipinski definition) is 0. The number of halogens is 1. The molecule has 0 saturated carbocycles. The van der Waals surface area contributed by atoms with E-state index in [1.165, 1.54) is 33.2 Å². The van der Waals surface area contributed by atoms with E-state index in [0.717, 1.165) is 11.3 Å². The summed E-state index contributed by atoms with van der Waals surface area (Å²) in [5.41, 5.74) is 2.52. The molecule has 0 atom stereocenters. The van der Waals surface area contributed by atoms with Crippen LogP contribution in [0.15, 0.2) is 52.3 Å². The molecule has 0 radical (unpaired) electrons. The van der Waals surface area contributed by atoms with Gasteiger partial charge in [-0.05, 0) is 48.9 Å². The Labute approximate surface area is 223 Å². The van der Waals surface area contributed by atoms with Gasteiger partial charge in [-0.1, -0.05) is 30.0 Å². The average molecular weight is 540 g/mol. The number of thiocarbonyl (C=S) groups is 1. The highest BCUT2D eigenvalue weighted by molar-refractivity contribution is 8.26. The Bertz CT molecular complexity index is 1450. The zero-order valence-corrected chi connectivity index (χ0v) is 22.1. The predicted octanol–water partition coefficient (Wildman–Crippen LogP) is 3.32. The van der Waals surface area contributed by atoms with Crippen molar-refractivity contribution >= 4 is 57.4 Å². The lowest BCUT2D eigenvalue weighted by Crippen LogP contribution is -2.47. The van der Waals surface area contributed by atoms with E-state index in [4.69, 9.17) is 21.9 Å². The zero-order valence-electron chi connectivity index (χ0n) is 20.5. The highest BCUT2D eigenvalue weighted by Gasteiger charge is 2.33. The third-order valence-electron chi connectivity index (χ3n) is 6.42. The number of carbonyl (C=O) groups excluding carboxylic acids is 1. The maximum absolute atomic E-state index is 13.7. The van der Waals surface area contributed by atoms with Crippen LogP contribution in [0.5, 0.6) is 0 Å². The number of rotatable bonds is 6. The van der Waals surface area contributed by atoms with Crippen LogP contribution >= 0.6 is 24.0 Å². The van der Waals surface area contributed by atoms with Gasteiger partial charge >= 0.3 is 0 Å². The standard InChI is InChI=1S/C26H26FN5O3S2/c1-17-3-8-22-28-23(30-11-9-29(10-12-30)19-6-4-18(27)5-7-19)20(24(33)32(22)16-17)15-21-25(34)31(13-14-35-2)26(36)37-21/h3-8,15-16H,9-14H2,1-2H3. The second-order valence-electron chi connectivity index (χ2n) is 8.87. The number of fused-ring (bicyclic) bond motifs is 1. The van der Waals surface area contributed by atoms with Gasteiger partial charge in [0.15, 0.2) is 0 Å². The number of thioether (sulfide) groups is 1. The molecule has 37 heavy (non-hydrogen) atoms. The lowest BCUT2D eigenvalue weighted by molar-refractivity contribution is -0.122. The number of aromatic nitrogens is 2. The summed E-state index contributed by atoms with van der Waals surface area (Å²) in [6.07, 6.45) is 3.37. The Balaban J connectivity index is 1.51. The monoisotopic (exact) mass is 539 g/mol. The number of carbonyl (C=O) groups is 1. The Morgan fingerprint density at radius 1 is 1.08 bits per heavy atom. The van der Waals surface area contributed by atoms with Gasteiger partial charge in [0.1, 0.15) is 21.6 Å². The molecule has 2 aromatic heterocycles. The van der Waals surface area contributed by atoms with Crippen molar-refractivity contribution in [2.45, 2.75) is 6.92 Å². The van der Waals surface area contributed by atoms with Crippen molar-refractivity contribution in [3.8, 4) is 0 Å². The molecule has 0 spiro atoms. The number of amides is 1. The summed E-state index contributed by atoms with van der Waals surface area (Å²) in [4.78, 5) is 37.8. The average Bonchev–Trinajstić information content (AvgIpc) is 3.17. The van der Waals surface area contributed by atoms with E-state index in [2.05, 4.69) is 9.80 Å². The Hall–Kier alpha value is -3.28. The van der Waals surface area contributed by atoms with Crippen molar-refractivity contribution in [3.05, 3.63) is 74.8 Å². The number of pyridine rings is 1. The summed E-state index contributed by atoms with van der Waals surface area (Å²) in [6, 6.07) is 10.2. The van der Waals surface area contributed by atoms with Crippen LogP contribution in [0.4, 0.5) is 15.9 Å². The lowest BCUT2D eigenvalue weighted by Gasteiger charge is -2.37. The molecule has 2 saturated heterocycles. The maximum atomic E-state index is 13.7. The number of anilines is 2. The first-order chi connectivity index (χ1) is 17.9. The molecule has 1 aromatic carbocycles. The van der Waals surface area contributed by atoms with Crippen LogP contribution < -0.4 is 15.4 Å². The molecule has 3 aromatic rings. The summed E-state index contributed by atoms with van der Waals surface area (Å²) in [5.74, 6) is 0.0263. The van der Waals surface area contributed by atoms with E-state index in [0.29, 0.717) is 65.6 Å². The van der Waals surface area contributed by atoms with Gasteiger partial charge < -0.3 is 14.5 Å². The van der Waals surface area contributed by atoms with Gasteiger partial charge in [0.25, 0.3) is 11.5 Å². The maximum Gasteiger partial charge on any atom is 0.267 e. The van der Waals surface area contributed by atoms with E-state index in [1.807, 2.05) is 19.1 Å². The quantitative estimate of drug-likeness (QED) is 0.349. The number of methoxy groups -OCH3 is 1. The van der Waals surface area contributed by atoms with E-state index in [-0.39, 0.29) is 17.3 Å². The molecule has 1 amide bonds. The van der Waals surface area contributed by atoms with Gasteiger partial charge in [-0.2, -0.15) is 0 Å². The summed E-state index contributed by atoms with van der Waals surface area (Å²) in [7, 11) is 1.57. The van der Waals surface area contributed by atoms with Gasteiger partial charge in [0.2, 0.25) is 0 Å². The van der Waals surface area contributed by atoms with Crippen molar-refractivity contribution in [1.29, 1.82) is 0 Å².